The summed E-state index contributed by atoms with van der Waals surface area (Å²) in [5, 5.41) is 4.54. The lowest BCUT2D eigenvalue weighted by molar-refractivity contribution is 0.418. The smallest absolute Gasteiger partial charge is 0.145 e. The zero-order valence-electron chi connectivity index (χ0n) is 10.6. The summed E-state index contributed by atoms with van der Waals surface area (Å²) in [5.74, 6) is 1.59. The lowest BCUT2D eigenvalue weighted by Crippen LogP contribution is -2.11. The molecule has 0 bridgehead atoms. The summed E-state index contributed by atoms with van der Waals surface area (Å²) in [6.45, 7) is 2.26. The summed E-state index contributed by atoms with van der Waals surface area (Å²) in [6.07, 6.45) is 2.31. The Morgan fingerprint density at radius 3 is 3.06 bits per heavy atom. The highest BCUT2D eigenvalue weighted by Crippen LogP contribution is 2.24. The molecule has 3 nitrogen and oxygen atoms in total. The quantitative estimate of drug-likeness (QED) is 0.897. The van der Waals surface area contributed by atoms with Crippen molar-refractivity contribution in [1.29, 1.82) is 0 Å². The third kappa shape index (κ3) is 2.18. The van der Waals surface area contributed by atoms with E-state index in [-0.39, 0.29) is 0 Å². The molecule has 1 saturated heterocycles. The average Bonchev–Trinajstić information content (AvgIpc) is 2.91. The summed E-state index contributed by atoms with van der Waals surface area (Å²) in [4.78, 5) is 4.76. The van der Waals surface area contributed by atoms with Crippen molar-refractivity contribution in [2.24, 2.45) is 5.92 Å². The lowest BCUT2D eigenvalue weighted by Gasteiger charge is -2.10. The highest BCUT2D eigenvalue weighted by Gasteiger charge is 2.15. The summed E-state index contributed by atoms with van der Waals surface area (Å²) in [7, 11) is 1.70. The summed E-state index contributed by atoms with van der Waals surface area (Å²) in [6, 6.07) is 10.3. The van der Waals surface area contributed by atoms with E-state index in [1.54, 1.807) is 7.11 Å². The van der Waals surface area contributed by atoms with E-state index in [1.165, 1.54) is 12.1 Å². The van der Waals surface area contributed by atoms with Crippen molar-refractivity contribution in [3.63, 3.8) is 0 Å². The van der Waals surface area contributed by atoms with Gasteiger partial charge in [-0.15, -0.1) is 0 Å². The number of aromatic nitrogens is 1. The molecule has 2 heterocycles. The van der Waals surface area contributed by atoms with Crippen molar-refractivity contribution < 1.29 is 4.74 Å². The Hall–Kier alpha value is -1.61. The molecule has 1 aliphatic heterocycles. The molecule has 3 heteroatoms. The molecule has 3 rings (SSSR count). The predicted molar refractivity (Wildman–Crippen MR) is 73.0 cm³/mol. The molecule has 1 aromatic carbocycles. The van der Waals surface area contributed by atoms with Gasteiger partial charge in [0.25, 0.3) is 0 Å². The minimum Gasteiger partial charge on any atom is -0.494 e. The van der Waals surface area contributed by atoms with Gasteiger partial charge in [0, 0.05) is 11.1 Å². The first-order valence-corrected chi connectivity index (χ1v) is 6.50. The number of benzene rings is 1. The fourth-order valence-corrected chi connectivity index (χ4v) is 2.62. The van der Waals surface area contributed by atoms with Gasteiger partial charge in [-0.25, -0.2) is 4.98 Å². The van der Waals surface area contributed by atoms with Crippen LogP contribution in [0.5, 0.6) is 5.75 Å². The van der Waals surface area contributed by atoms with E-state index in [0.717, 1.165) is 42.1 Å². The summed E-state index contributed by atoms with van der Waals surface area (Å²) in [5.41, 5.74) is 2.14. The van der Waals surface area contributed by atoms with Crippen LogP contribution in [0, 0.1) is 5.92 Å². The highest BCUT2D eigenvalue weighted by atomic mass is 16.5. The van der Waals surface area contributed by atoms with E-state index < -0.39 is 0 Å². The molecule has 1 unspecified atom stereocenters. The molecular weight excluding hydrogens is 224 g/mol. The first kappa shape index (κ1) is 11.5. The van der Waals surface area contributed by atoms with Crippen molar-refractivity contribution >= 4 is 10.9 Å². The predicted octanol–water partition coefficient (Wildman–Crippen LogP) is 2.40. The fourth-order valence-electron chi connectivity index (χ4n) is 2.62. The van der Waals surface area contributed by atoms with Crippen LogP contribution in [-0.2, 0) is 6.42 Å². The van der Waals surface area contributed by atoms with Crippen molar-refractivity contribution in [3.8, 4) is 5.75 Å². The number of methoxy groups -OCH3 is 1. The molecule has 1 fully saturated rings. The molecule has 0 radical (unpaired) electrons. The Labute approximate surface area is 107 Å². The van der Waals surface area contributed by atoms with Gasteiger partial charge < -0.3 is 10.1 Å². The Morgan fingerprint density at radius 2 is 2.28 bits per heavy atom. The highest BCUT2D eigenvalue weighted by molar-refractivity contribution is 5.84. The first-order valence-electron chi connectivity index (χ1n) is 6.50. The average molecular weight is 242 g/mol. The zero-order valence-corrected chi connectivity index (χ0v) is 10.6. The third-order valence-corrected chi connectivity index (χ3v) is 3.62. The van der Waals surface area contributed by atoms with Crippen LogP contribution in [0.25, 0.3) is 10.9 Å². The second-order valence-electron chi connectivity index (χ2n) is 4.90. The fraction of sp³-hybridized carbons (Fsp3) is 0.400. The molecule has 0 amide bonds. The topological polar surface area (TPSA) is 34.1 Å². The van der Waals surface area contributed by atoms with Crippen LogP contribution in [-0.4, -0.2) is 25.2 Å². The van der Waals surface area contributed by atoms with Crippen LogP contribution in [0.15, 0.2) is 30.3 Å². The van der Waals surface area contributed by atoms with Crippen LogP contribution in [0.3, 0.4) is 0 Å². The number of ether oxygens (including phenoxy) is 1. The van der Waals surface area contributed by atoms with Gasteiger partial charge in [-0.05, 0) is 44.0 Å². The van der Waals surface area contributed by atoms with Crippen molar-refractivity contribution in [1.82, 2.24) is 10.3 Å². The molecule has 0 spiro atoms. The number of nitrogens with zero attached hydrogens (tertiary/aromatic N) is 1. The minimum atomic E-state index is 0.727. The number of hydrogen-bond donors (Lipinski definition) is 1. The van der Waals surface area contributed by atoms with Gasteiger partial charge >= 0.3 is 0 Å². The first-order chi connectivity index (χ1) is 8.86. The van der Waals surface area contributed by atoms with Gasteiger partial charge in [0.1, 0.15) is 11.3 Å². The van der Waals surface area contributed by atoms with Gasteiger partial charge in [-0.1, -0.05) is 18.2 Å². The van der Waals surface area contributed by atoms with Crippen molar-refractivity contribution in [2.45, 2.75) is 12.8 Å². The van der Waals surface area contributed by atoms with Crippen LogP contribution in [0.2, 0.25) is 0 Å². The molecule has 2 aromatic rings. The molecule has 0 aliphatic carbocycles. The maximum Gasteiger partial charge on any atom is 0.145 e. The van der Waals surface area contributed by atoms with Gasteiger partial charge in [-0.2, -0.15) is 0 Å². The second kappa shape index (κ2) is 4.94. The Balaban J connectivity index is 1.93. The Kier molecular flexibility index (Phi) is 3.15. The van der Waals surface area contributed by atoms with Crippen LogP contribution < -0.4 is 10.1 Å². The largest absolute Gasteiger partial charge is 0.494 e. The molecule has 18 heavy (non-hydrogen) atoms. The Bertz CT molecular complexity index is 547. The molecule has 0 saturated carbocycles. The van der Waals surface area contributed by atoms with Gasteiger partial charge in [0.2, 0.25) is 0 Å². The van der Waals surface area contributed by atoms with E-state index in [9.17, 15) is 0 Å². The van der Waals surface area contributed by atoms with E-state index >= 15 is 0 Å². The standard InChI is InChI=1S/C15H18N2O/c1-18-14-4-2-3-12-5-6-13(17-15(12)14)9-11-7-8-16-10-11/h2-6,11,16H,7-10H2,1H3. The van der Waals surface area contributed by atoms with Crippen molar-refractivity contribution in [2.75, 3.05) is 20.2 Å². The van der Waals surface area contributed by atoms with E-state index in [2.05, 4.69) is 23.5 Å². The van der Waals surface area contributed by atoms with Crippen LogP contribution >= 0.6 is 0 Å². The van der Waals surface area contributed by atoms with Gasteiger partial charge in [0.05, 0.1) is 7.11 Å². The third-order valence-electron chi connectivity index (χ3n) is 3.62. The number of pyridine rings is 1. The van der Waals surface area contributed by atoms with Gasteiger partial charge in [0.15, 0.2) is 0 Å². The number of hydrogen-bond acceptors (Lipinski definition) is 3. The summed E-state index contributed by atoms with van der Waals surface area (Å²) >= 11 is 0. The number of rotatable bonds is 3. The lowest BCUT2D eigenvalue weighted by atomic mass is 10.0. The second-order valence-corrected chi connectivity index (χ2v) is 4.90. The van der Waals surface area contributed by atoms with E-state index in [0.29, 0.717) is 0 Å². The van der Waals surface area contributed by atoms with Crippen molar-refractivity contribution in [3.05, 3.63) is 36.0 Å². The van der Waals surface area contributed by atoms with Crippen LogP contribution in [0.4, 0.5) is 0 Å². The number of nitrogens with one attached hydrogen (secondary N) is 1. The molecule has 94 valence electrons. The number of para-hydroxylation sites is 1. The van der Waals surface area contributed by atoms with E-state index in [1.807, 2.05) is 12.1 Å². The van der Waals surface area contributed by atoms with Crippen LogP contribution in [0.1, 0.15) is 12.1 Å². The van der Waals surface area contributed by atoms with E-state index in [4.69, 9.17) is 9.72 Å². The number of fused-ring (bicyclic) bond motifs is 1. The maximum absolute atomic E-state index is 5.38. The molecule has 1 atom stereocenters. The summed E-state index contributed by atoms with van der Waals surface area (Å²) < 4.78 is 5.38. The Morgan fingerprint density at radius 1 is 1.33 bits per heavy atom. The maximum atomic E-state index is 5.38. The minimum absolute atomic E-state index is 0.727. The molecule has 1 aromatic heterocycles. The monoisotopic (exact) mass is 242 g/mol. The SMILES string of the molecule is COc1cccc2ccc(CC3CCNC3)nc12. The normalized spacial score (nSPS) is 19.3. The van der Waals surface area contributed by atoms with Gasteiger partial charge in [-0.3, -0.25) is 0 Å². The molecule has 1 aliphatic rings. The molecule has 1 N–H and O–H groups in total. The molecular formula is C15H18N2O. The zero-order chi connectivity index (χ0) is 12.4.